The van der Waals surface area contributed by atoms with Crippen molar-refractivity contribution in [3.8, 4) is 0 Å². The molecule has 0 aliphatic carbocycles. The molecule has 0 spiro atoms. The minimum atomic E-state index is -0.213. The predicted octanol–water partition coefficient (Wildman–Crippen LogP) is 5.88. The second-order valence-electron chi connectivity index (χ2n) is 4.80. The normalized spacial score (nSPS) is 12.5. The molecule has 0 heterocycles. The van der Waals surface area contributed by atoms with Gasteiger partial charge in [-0.25, -0.2) is 4.39 Å². The summed E-state index contributed by atoms with van der Waals surface area (Å²) in [5.74, 6) is -0.213. The van der Waals surface area contributed by atoms with Crippen LogP contribution in [0.1, 0.15) is 27.1 Å². The fourth-order valence-corrected chi connectivity index (χ4v) is 3.18. The van der Waals surface area contributed by atoms with E-state index in [0.29, 0.717) is 0 Å². The zero-order chi connectivity index (χ0) is 14.0. The molecule has 1 unspecified atom stereocenters. The van der Waals surface area contributed by atoms with Crippen molar-refractivity contribution in [1.29, 1.82) is 0 Å². The molecule has 0 nitrogen and oxygen atoms in total. The van der Waals surface area contributed by atoms with Gasteiger partial charge in [0.1, 0.15) is 5.82 Å². The molecule has 3 heteroatoms. The Morgan fingerprint density at radius 2 is 1.84 bits per heavy atom. The van der Waals surface area contributed by atoms with Gasteiger partial charge >= 0.3 is 0 Å². The summed E-state index contributed by atoms with van der Waals surface area (Å²) in [6.45, 7) is 4.20. The Morgan fingerprint density at radius 1 is 1.11 bits per heavy atom. The molecule has 0 bridgehead atoms. The fourth-order valence-electron chi connectivity index (χ4n) is 2.09. The number of benzene rings is 2. The molecular formula is C16H15Br2F. The number of alkyl halides is 1. The number of aryl methyl sites for hydroxylation is 2. The SMILES string of the molecule is Cc1ccc(C)c(CC(Br)c2cc(F)cc(Br)c2)c1. The van der Waals surface area contributed by atoms with Gasteiger partial charge < -0.3 is 0 Å². The van der Waals surface area contributed by atoms with Crippen LogP contribution < -0.4 is 0 Å². The highest BCUT2D eigenvalue weighted by Crippen LogP contribution is 2.30. The van der Waals surface area contributed by atoms with Gasteiger partial charge in [0.15, 0.2) is 0 Å². The Hall–Kier alpha value is -0.670. The monoisotopic (exact) mass is 384 g/mol. The minimum Gasteiger partial charge on any atom is -0.207 e. The largest absolute Gasteiger partial charge is 0.207 e. The van der Waals surface area contributed by atoms with Crippen LogP contribution in [0.5, 0.6) is 0 Å². The summed E-state index contributed by atoms with van der Waals surface area (Å²) in [6.07, 6.45) is 0.851. The van der Waals surface area contributed by atoms with Gasteiger partial charge in [-0.05, 0) is 55.2 Å². The Morgan fingerprint density at radius 3 is 2.53 bits per heavy atom. The van der Waals surface area contributed by atoms with Crippen LogP contribution in [-0.4, -0.2) is 0 Å². The quantitative estimate of drug-likeness (QED) is 0.578. The summed E-state index contributed by atoms with van der Waals surface area (Å²) in [4.78, 5) is 0.111. The molecule has 0 saturated carbocycles. The lowest BCUT2D eigenvalue weighted by Gasteiger charge is -2.13. The molecule has 0 amide bonds. The molecule has 19 heavy (non-hydrogen) atoms. The molecule has 0 aliphatic heterocycles. The highest BCUT2D eigenvalue weighted by atomic mass is 79.9. The maximum absolute atomic E-state index is 13.4. The van der Waals surface area contributed by atoms with Crippen LogP contribution in [0, 0.1) is 19.7 Å². The number of halogens is 3. The summed E-state index contributed by atoms with van der Waals surface area (Å²) in [5.41, 5.74) is 4.77. The van der Waals surface area contributed by atoms with Crippen LogP contribution in [0.4, 0.5) is 4.39 Å². The van der Waals surface area contributed by atoms with Crippen molar-refractivity contribution in [2.24, 2.45) is 0 Å². The van der Waals surface area contributed by atoms with Crippen molar-refractivity contribution >= 4 is 31.9 Å². The summed E-state index contributed by atoms with van der Waals surface area (Å²) < 4.78 is 14.2. The van der Waals surface area contributed by atoms with Gasteiger partial charge in [0.05, 0.1) is 0 Å². The van der Waals surface area contributed by atoms with Crippen LogP contribution in [0.2, 0.25) is 0 Å². The number of rotatable bonds is 3. The van der Waals surface area contributed by atoms with Crippen molar-refractivity contribution in [3.05, 3.63) is 68.9 Å². The second-order valence-corrected chi connectivity index (χ2v) is 6.83. The van der Waals surface area contributed by atoms with Gasteiger partial charge in [-0.15, -0.1) is 0 Å². The molecule has 2 aromatic rings. The minimum absolute atomic E-state index is 0.111. The van der Waals surface area contributed by atoms with Gasteiger partial charge in [0, 0.05) is 9.30 Å². The lowest BCUT2D eigenvalue weighted by molar-refractivity contribution is 0.624. The van der Waals surface area contributed by atoms with Crippen molar-refractivity contribution in [2.45, 2.75) is 25.1 Å². The third-order valence-corrected chi connectivity index (χ3v) is 4.46. The van der Waals surface area contributed by atoms with Gasteiger partial charge in [-0.1, -0.05) is 55.6 Å². The Kier molecular flexibility index (Phi) is 4.80. The van der Waals surface area contributed by atoms with E-state index in [1.54, 1.807) is 6.07 Å². The first-order valence-corrected chi connectivity index (χ1v) is 7.83. The smallest absolute Gasteiger partial charge is 0.124 e. The van der Waals surface area contributed by atoms with E-state index in [-0.39, 0.29) is 10.6 Å². The van der Waals surface area contributed by atoms with Crippen LogP contribution in [-0.2, 0) is 6.42 Å². The maximum atomic E-state index is 13.4. The number of hydrogen-bond acceptors (Lipinski definition) is 0. The van der Waals surface area contributed by atoms with E-state index in [9.17, 15) is 4.39 Å². The van der Waals surface area contributed by atoms with E-state index in [2.05, 4.69) is 63.9 Å². The molecule has 0 saturated heterocycles. The van der Waals surface area contributed by atoms with E-state index in [1.807, 2.05) is 6.07 Å². The standard InChI is InChI=1S/C16H15Br2F/c1-10-3-4-11(2)12(5-10)8-16(18)13-6-14(17)9-15(19)7-13/h3-7,9,16H,8H2,1-2H3. The molecule has 0 fully saturated rings. The lowest BCUT2D eigenvalue weighted by atomic mass is 9.98. The summed E-state index contributed by atoms with van der Waals surface area (Å²) in [7, 11) is 0. The highest BCUT2D eigenvalue weighted by molar-refractivity contribution is 9.10. The summed E-state index contributed by atoms with van der Waals surface area (Å²) >= 11 is 6.99. The first-order chi connectivity index (χ1) is 8.95. The van der Waals surface area contributed by atoms with Crippen LogP contribution in [0.3, 0.4) is 0 Å². The average molecular weight is 386 g/mol. The third-order valence-electron chi connectivity index (χ3n) is 3.15. The van der Waals surface area contributed by atoms with E-state index >= 15 is 0 Å². The Labute approximate surface area is 130 Å². The Bertz CT molecular complexity index is 573. The predicted molar refractivity (Wildman–Crippen MR) is 85.4 cm³/mol. The zero-order valence-electron chi connectivity index (χ0n) is 10.9. The molecule has 2 rings (SSSR count). The van der Waals surface area contributed by atoms with Gasteiger partial charge in [-0.2, -0.15) is 0 Å². The summed E-state index contributed by atoms with van der Waals surface area (Å²) in [5, 5.41) is 0. The fraction of sp³-hybridized carbons (Fsp3) is 0.250. The van der Waals surface area contributed by atoms with E-state index in [1.165, 1.54) is 22.8 Å². The van der Waals surface area contributed by atoms with Crippen molar-refractivity contribution in [2.75, 3.05) is 0 Å². The lowest BCUT2D eigenvalue weighted by Crippen LogP contribution is -1.99. The molecule has 0 N–H and O–H groups in total. The average Bonchev–Trinajstić information content (AvgIpc) is 2.32. The van der Waals surface area contributed by atoms with Crippen molar-refractivity contribution < 1.29 is 4.39 Å². The highest BCUT2D eigenvalue weighted by Gasteiger charge is 2.12. The first kappa shape index (κ1) is 14.7. The first-order valence-electron chi connectivity index (χ1n) is 6.12. The van der Waals surface area contributed by atoms with Gasteiger partial charge in [0.25, 0.3) is 0 Å². The number of hydrogen-bond donors (Lipinski definition) is 0. The van der Waals surface area contributed by atoms with Crippen LogP contribution in [0.15, 0.2) is 40.9 Å². The summed E-state index contributed by atoms with van der Waals surface area (Å²) in [6, 6.07) is 11.4. The van der Waals surface area contributed by atoms with E-state index in [0.717, 1.165) is 16.5 Å². The van der Waals surface area contributed by atoms with Crippen LogP contribution >= 0.6 is 31.9 Å². The van der Waals surface area contributed by atoms with Gasteiger partial charge in [0.2, 0.25) is 0 Å². The second kappa shape index (κ2) is 6.19. The topological polar surface area (TPSA) is 0 Å². The molecule has 2 aromatic carbocycles. The van der Waals surface area contributed by atoms with E-state index < -0.39 is 0 Å². The third kappa shape index (κ3) is 3.90. The molecule has 0 aromatic heterocycles. The maximum Gasteiger partial charge on any atom is 0.124 e. The zero-order valence-corrected chi connectivity index (χ0v) is 14.1. The van der Waals surface area contributed by atoms with Crippen LogP contribution in [0.25, 0.3) is 0 Å². The molecule has 0 radical (unpaired) electrons. The van der Waals surface area contributed by atoms with Gasteiger partial charge in [-0.3, -0.25) is 0 Å². The molecule has 0 aliphatic rings. The Balaban J connectivity index is 2.25. The van der Waals surface area contributed by atoms with E-state index in [4.69, 9.17) is 0 Å². The molecule has 100 valence electrons. The molecular weight excluding hydrogens is 371 g/mol. The van der Waals surface area contributed by atoms with Crippen molar-refractivity contribution in [3.63, 3.8) is 0 Å². The van der Waals surface area contributed by atoms with Crippen molar-refractivity contribution in [1.82, 2.24) is 0 Å². The molecule has 1 atom stereocenters.